The van der Waals surface area contributed by atoms with Crippen LogP contribution in [0.4, 0.5) is 0 Å². The number of rotatable bonds is 4. The monoisotopic (exact) mass is 251 g/mol. The van der Waals surface area contributed by atoms with E-state index >= 15 is 0 Å². The molecule has 0 saturated carbocycles. The van der Waals surface area contributed by atoms with Gasteiger partial charge in [0, 0.05) is 11.1 Å². The van der Waals surface area contributed by atoms with Crippen LogP contribution < -0.4 is 0 Å². The molecule has 0 radical (unpaired) electrons. The minimum absolute atomic E-state index is 0.684. The van der Waals surface area contributed by atoms with Crippen LogP contribution in [0.25, 0.3) is 17.0 Å². The highest BCUT2D eigenvalue weighted by Gasteiger charge is 2.07. The van der Waals surface area contributed by atoms with Crippen molar-refractivity contribution < 1.29 is 0 Å². The molecule has 0 fully saturated rings. The van der Waals surface area contributed by atoms with E-state index in [2.05, 4.69) is 34.5 Å². The average Bonchev–Trinajstić information content (AvgIpc) is 2.45. The quantitative estimate of drug-likeness (QED) is 0.775. The Bertz CT molecular complexity index is 601. The number of hydrogen-bond acceptors (Lipinski definition) is 3. The van der Waals surface area contributed by atoms with Gasteiger partial charge in [-0.25, -0.2) is 15.0 Å². The lowest BCUT2D eigenvalue weighted by molar-refractivity contribution is 0.961. The molecule has 0 saturated heterocycles. The third-order valence-corrected chi connectivity index (χ3v) is 2.68. The van der Waals surface area contributed by atoms with E-state index in [1.54, 1.807) is 6.08 Å². The van der Waals surface area contributed by atoms with Gasteiger partial charge in [0.2, 0.25) is 0 Å². The first-order valence-corrected chi connectivity index (χ1v) is 6.35. The standard InChI is InChI=1S/C16H17N3/c1-4-9-13(5-2)15-17-12(3)18-16(19-15)14-10-7-6-8-11-14/h5-11H,2,4H2,1,3H3/b13-9+. The second kappa shape index (κ2) is 6.05. The molecule has 3 heteroatoms. The highest BCUT2D eigenvalue weighted by Crippen LogP contribution is 2.18. The van der Waals surface area contributed by atoms with Crippen molar-refractivity contribution in [2.75, 3.05) is 0 Å². The third-order valence-electron chi connectivity index (χ3n) is 2.68. The van der Waals surface area contributed by atoms with Gasteiger partial charge >= 0.3 is 0 Å². The van der Waals surface area contributed by atoms with E-state index < -0.39 is 0 Å². The Kier molecular flexibility index (Phi) is 4.18. The van der Waals surface area contributed by atoms with Crippen molar-refractivity contribution >= 4 is 5.57 Å². The first-order valence-electron chi connectivity index (χ1n) is 6.35. The minimum Gasteiger partial charge on any atom is -0.213 e. The molecule has 1 aromatic heterocycles. The van der Waals surface area contributed by atoms with E-state index in [0.717, 1.165) is 17.6 Å². The van der Waals surface area contributed by atoms with Crippen molar-refractivity contribution in [1.82, 2.24) is 15.0 Å². The van der Waals surface area contributed by atoms with Gasteiger partial charge in [0.1, 0.15) is 5.82 Å². The molecule has 96 valence electrons. The van der Waals surface area contributed by atoms with E-state index in [4.69, 9.17) is 0 Å². The summed E-state index contributed by atoms with van der Waals surface area (Å²) in [5.41, 5.74) is 1.94. The lowest BCUT2D eigenvalue weighted by Gasteiger charge is -2.06. The zero-order valence-corrected chi connectivity index (χ0v) is 11.3. The number of allylic oxidation sites excluding steroid dienone is 3. The molecule has 0 unspecified atom stereocenters. The van der Waals surface area contributed by atoms with Crippen LogP contribution in [-0.2, 0) is 0 Å². The molecule has 0 aliphatic rings. The second-order valence-corrected chi connectivity index (χ2v) is 4.17. The van der Waals surface area contributed by atoms with Crippen LogP contribution in [0.2, 0.25) is 0 Å². The number of hydrogen-bond donors (Lipinski definition) is 0. The normalized spacial score (nSPS) is 11.4. The van der Waals surface area contributed by atoms with Gasteiger partial charge in [-0.15, -0.1) is 0 Å². The predicted octanol–water partition coefficient (Wildman–Crippen LogP) is 3.83. The fraction of sp³-hybridized carbons (Fsp3) is 0.188. The summed E-state index contributed by atoms with van der Waals surface area (Å²) in [4.78, 5) is 13.3. The molecule has 1 heterocycles. The summed E-state index contributed by atoms with van der Waals surface area (Å²) in [5.74, 6) is 2.10. The van der Waals surface area contributed by atoms with Crippen LogP contribution in [0.1, 0.15) is 25.0 Å². The van der Waals surface area contributed by atoms with E-state index in [9.17, 15) is 0 Å². The number of aryl methyl sites for hydroxylation is 1. The Morgan fingerprint density at radius 1 is 1.16 bits per heavy atom. The molecule has 0 spiro atoms. The summed E-state index contributed by atoms with van der Waals surface area (Å²) in [7, 11) is 0. The van der Waals surface area contributed by atoms with Gasteiger partial charge in [-0.3, -0.25) is 0 Å². The Morgan fingerprint density at radius 2 is 1.89 bits per heavy atom. The summed E-state index contributed by atoms with van der Waals surface area (Å²) in [6.07, 6.45) is 4.77. The van der Waals surface area contributed by atoms with Gasteiger partial charge < -0.3 is 0 Å². The third kappa shape index (κ3) is 3.13. The number of aromatic nitrogens is 3. The van der Waals surface area contributed by atoms with Crippen LogP contribution in [0, 0.1) is 6.92 Å². The first kappa shape index (κ1) is 13.1. The van der Waals surface area contributed by atoms with E-state index in [0.29, 0.717) is 17.5 Å². The molecule has 2 aromatic rings. The molecule has 0 bridgehead atoms. The molecule has 0 N–H and O–H groups in total. The molecular weight excluding hydrogens is 234 g/mol. The first-order chi connectivity index (χ1) is 9.24. The Labute approximate surface area is 113 Å². The summed E-state index contributed by atoms with van der Waals surface area (Å²) < 4.78 is 0. The Balaban J connectivity index is 2.52. The lowest BCUT2D eigenvalue weighted by Crippen LogP contribution is -2.01. The van der Waals surface area contributed by atoms with Crippen molar-refractivity contribution in [1.29, 1.82) is 0 Å². The minimum atomic E-state index is 0.684. The summed E-state index contributed by atoms with van der Waals surface area (Å²) in [5, 5.41) is 0. The lowest BCUT2D eigenvalue weighted by atomic mass is 10.2. The maximum absolute atomic E-state index is 4.53. The molecule has 0 aliphatic heterocycles. The number of nitrogens with zero attached hydrogens (tertiary/aromatic N) is 3. The van der Waals surface area contributed by atoms with E-state index in [1.807, 2.05) is 37.3 Å². The van der Waals surface area contributed by atoms with Crippen LogP contribution in [0.5, 0.6) is 0 Å². The van der Waals surface area contributed by atoms with Gasteiger partial charge in [-0.05, 0) is 13.3 Å². The van der Waals surface area contributed by atoms with Crippen LogP contribution in [0.15, 0.2) is 49.1 Å². The second-order valence-electron chi connectivity index (χ2n) is 4.17. The highest BCUT2D eigenvalue weighted by molar-refractivity contribution is 5.70. The van der Waals surface area contributed by atoms with Gasteiger partial charge in [-0.1, -0.05) is 56.0 Å². The number of benzene rings is 1. The molecule has 0 amide bonds. The summed E-state index contributed by atoms with van der Waals surface area (Å²) in [6.45, 7) is 7.78. The summed E-state index contributed by atoms with van der Waals surface area (Å²) in [6, 6.07) is 9.92. The SMILES string of the molecule is C=C/C(=C\CC)c1nc(C)nc(-c2ccccc2)n1. The van der Waals surface area contributed by atoms with Gasteiger partial charge in [0.25, 0.3) is 0 Å². The largest absolute Gasteiger partial charge is 0.213 e. The van der Waals surface area contributed by atoms with Gasteiger partial charge in [-0.2, -0.15) is 0 Å². The molecule has 0 atom stereocenters. The van der Waals surface area contributed by atoms with Crippen molar-refractivity contribution in [3.63, 3.8) is 0 Å². The van der Waals surface area contributed by atoms with Crippen molar-refractivity contribution in [2.24, 2.45) is 0 Å². The molecule has 0 aliphatic carbocycles. The van der Waals surface area contributed by atoms with E-state index in [-0.39, 0.29) is 0 Å². The van der Waals surface area contributed by atoms with Crippen LogP contribution >= 0.6 is 0 Å². The zero-order valence-electron chi connectivity index (χ0n) is 11.3. The molecule has 2 rings (SSSR count). The predicted molar refractivity (Wildman–Crippen MR) is 78.5 cm³/mol. The fourth-order valence-corrected chi connectivity index (χ4v) is 1.81. The maximum Gasteiger partial charge on any atom is 0.163 e. The Hall–Kier alpha value is -2.29. The van der Waals surface area contributed by atoms with Crippen molar-refractivity contribution in [3.8, 4) is 11.4 Å². The van der Waals surface area contributed by atoms with Crippen molar-refractivity contribution in [3.05, 3.63) is 60.7 Å². The average molecular weight is 251 g/mol. The molecular formula is C16H17N3. The molecule has 1 aromatic carbocycles. The van der Waals surface area contributed by atoms with Crippen molar-refractivity contribution in [2.45, 2.75) is 20.3 Å². The maximum atomic E-state index is 4.53. The smallest absolute Gasteiger partial charge is 0.163 e. The van der Waals surface area contributed by atoms with Crippen LogP contribution in [-0.4, -0.2) is 15.0 Å². The summed E-state index contributed by atoms with van der Waals surface area (Å²) >= 11 is 0. The zero-order chi connectivity index (χ0) is 13.7. The van der Waals surface area contributed by atoms with Crippen LogP contribution in [0.3, 0.4) is 0 Å². The molecule has 19 heavy (non-hydrogen) atoms. The Morgan fingerprint density at radius 3 is 2.53 bits per heavy atom. The fourth-order valence-electron chi connectivity index (χ4n) is 1.81. The van der Waals surface area contributed by atoms with Gasteiger partial charge in [0.05, 0.1) is 0 Å². The molecule has 3 nitrogen and oxygen atoms in total. The highest BCUT2D eigenvalue weighted by atomic mass is 15.0. The van der Waals surface area contributed by atoms with Gasteiger partial charge in [0.15, 0.2) is 11.6 Å². The van der Waals surface area contributed by atoms with E-state index in [1.165, 1.54) is 0 Å². The topological polar surface area (TPSA) is 38.7 Å².